The first-order valence-electron chi connectivity index (χ1n) is 11.2. The van der Waals surface area contributed by atoms with E-state index < -0.39 is 6.10 Å². The van der Waals surface area contributed by atoms with Crippen molar-refractivity contribution in [1.29, 1.82) is 0 Å². The van der Waals surface area contributed by atoms with Gasteiger partial charge in [0.1, 0.15) is 12.4 Å². The third-order valence-electron chi connectivity index (χ3n) is 5.75. The fraction of sp³-hybridized carbons (Fsp3) is 0.739. The smallest absolute Gasteiger partial charge is 0.119 e. The number of aliphatic hydroxyl groups is 1. The molecule has 1 aromatic rings. The second-order valence-electron chi connectivity index (χ2n) is 8.39. The molecule has 164 valence electrons. The van der Waals surface area contributed by atoms with Crippen molar-refractivity contribution >= 4 is 0 Å². The lowest BCUT2D eigenvalue weighted by Crippen LogP contribution is -2.38. The van der Waals surface area contributed by atoms with Crippen molar-refractivity contribution < 1.29 is 19.3 Å². The van der Waals surface area contributed by atoms with Crippen LogP contribution in [0.5, 0.6) is 5.75 Å². The second-order valence-corrected chi connectivity index (χ2v) is 8.39. The maximum absolute atomic E-state index is 10.3. The first kappa shape index (κ1) is 22.5. The molecule has 1 aromatic carbocycles. The molecular formula is C23H38N2O4. The summed E-state index contributed by atoms with van der Waals surface area (Å²) in [6.07, 6.45) is 6.03. The minimum atomic E-state index is -0.440. The van der Waals surface area contributed by atoms with E-state index in [-0.39, 0.29) is 0 Å². The van der Waals surface area contributed by atoms with Gasteiger partial charge in [-0.2, -0.15) is 0 Å². The Hall–Kier alpha value is -1.18. The Kier molecular flexibility index (Phi) is 9.70. The molecule has 1 unspecified atom stereocenters. The number of benzene rings is 1. The molecule has 0 radical (unpaired) electrons. The normalized spacial score (nSPS) is 20.1. The lowest BCUT2D eigenvalue weighted by atomic mass is 9.98. The molecule has 0 bridgehead atoms. The van der Waals surface area contributed by atoms with E-state index in [2.05, 4.69) is 21.9 Å². The highest BCUT2D eigenvalue weighted by Crippen LogP contribution is 2.20. The standard InChI is InChI=1S/C23H38N2O4/c1-24(18-21(26)19-29-22-5-3-2-4-6-22)17-20-7-9-23(10-8-20)28-16-13-25-11-14-27-15-12-25/h7-10,21-22,26H,2-6,11-19H2,1H3. The molecule has 0 amide bonds. The van der Waals surface area contributed by atoms with E-state index in [0.717, 1.165) is 58.0 Å². The van der Waals surface area contributed by atoms with Gasteiger partial charge in [-0.15, -0.1) is 0 Å². The van der Waals surface area contributed by atoms with Gasteiger partial charge in [0.15, 0.2) is 0 Å². The highest BCUT2D eigenvalue weighted by Gasteiger charge is 2.16. The molecule has 6 nitrogen and oxygen atoms in total. The monoisotopic (exact) mass is 406 g/mol. The molecule has 2 aliphatic rings. The van der Waals surface area contributed by atoms with Gasteiger partial charge >= 0.3 is 0 Å². The quantitative estimate of drug-likeness (QED) is 0.610. The van der Waals surface area contributed by atoms with E-state index in [1.807, 2.05) is 19.2 Å². The Bertz CT molecular complexity index is 557. The minimum Gasteiger partial charge on any atom is -0.492 e. The molecule has 1 N–H and O–H groups in total. The number of hydrogen-bond donors (Lipinski definition) is 1. The number of nitrogens with zero attached hydrogens (tertiary/aromatic N) is 2. The van der Waals surface area contributed by atoms with Crippen molar-refractivity contribution in [3.8, 4) is 5.75 Å². The molecule has 1 aliphatic heterocycles. The molecule has 0 spiro atoms. The molecule has 1 atom stereocenters. The average molecular weight is 407 g/mol. The molecule has 6 heteroatoms. The predicted molar refractivity (Wildman–Crippen MR) is 114 cm³/mol. The van der Waals surface area contributed by atoms with E-state index in [9.17, 15) is 5.11 Å². The van der Waals surface area contributed by atoms with Crippen molar-refractivity contribution in [3.63, 3.8) is 0 Å². The van der Waals surface area contributed by atoms with Gasteiger partial charge in [0.05, 0.1) is 32.0 Å². The topological polar surface area (TPSA) is 54.4 Å². The van der Waals surface area contributed by atoms with Gasteiger partial charge < -0.3 is 19.3 Å². The van der Waals surface area contributed by atoms with Crippen LogP contribution in [0, 0.1) is 0 Å². The molecule has 29 heavy (non-hydrogen) atoms. The zero-order valence-corrected chi connectivity index (χ0v) is 17.9. The summed E-state index contributed by atoms with van der Waals surface area (Å²) < 4.78 is 17.1. The van der Waals surface area contributed by atoms with Crippen LogP contribution in [0.4, 0.5) is 0 Å². The zero-order valence-electron chi connectivity index (χ0n) is 17.9. The van der Waals surface area contributed by atoms with E-state index in [4.69, 9.17) is 14.2 Å². The van der Waals surface area contributed by atoms with Crippen LogP contribution in [0.1, 0.15) is 37.7 Å². The third-order valence-corrected chi connectivity index (χ3v) is 5.75. The molecule has 1 heterocycles. The summed E-state index contributed by atoms with van der Waals surface area (Å²) in [6.45, 7) is 7.12. The number of likely N-dealkylation sites (N-methyl/N-ethyl adjacent to an activating group) is 1. The molecule has 2 fully saturated rings. The van der Waals surface area contributed by atoms with Crippen LogP contribution in [0.2, 0.25) is 0 Å². The number of morpholine rings is 1. The van der Waals surface area contributed by atoms with Crippen molar-refractivity contribution in [2.45, 2.75) is 50.9 Å². The number of rotatable bonds is 11. The van der Waals surface area contributed by atoms with Crippen molar-refractivity contribution in [1.82, 2.24) is 9.80 Å². The van der Waals surface area contributed by atoms with Gasteiger partial charge in [-0.1, -0.05) is 31.4 Å². The van der Waals surface area contributed by atoms with Gasteiger partial charge in [-0.05, 0) is 37.6 Å². The molecular weight excluding hydrogens is 368 g/mol. The fourth-order valence-electron chi connectivity index (χ4n) is 4.08. The second kappa shape index (κ2) is 12.5. The van der Waals surface area contributed by atoms with E-state index in [1.165, 1.54) is 24.8 Å². The van der Waals surface area contributed by atoms with Crippen LogP contribution in [-0.2, 0) is 16.0 Å². The van der Waals surface area contributed by atoms with E-state index in [1.54, 1.807) is 0 Å². The maximum atomic E-state index is 10.3. The summed E-state index contributed by atoms with van der Waals surface area (Å²) in [5.41, 5.74) is 1.22. The molecule has 3 rings (SSSR count). The highest BCUT2D eigenvalue weighted by atomic mass is 16.5. The largest absolute Gasteiger partial charge is 0.492 e. The molecule has 0 aromatic heterocycles. The van der Waals surface area contributed by atoms with Crippen LogP contribution in [0.15, 0.2) is 24.3 Å². The van der Waals surface area contributed by atoms with Crippen molar-refractivity contribution in [2.24, 2.45) is 0 Å². The third kappa shape index (κ3) is 8.60. The van der Waals surface area contributed by atoms with Crippen molar-refractivity contribution in [3.05, 3.63) is 29.8 Å². The van der Waals surface area contributed by atoms with Gasteiger partial charge in [-0.25, -0.2) is 0 Å². The van der Waals surface area contributed by atoms with Crippen LogP contribution in [-0.4, -0.2) is 86.8 Å². The lowest BCUT2D eigenvalue weighted by molar-refractivity contribution is -0.0319. The van der Waals surface area contributed by atoms with Gasteiger partial charge in [0, 0.05) is 32.7 Å². The van der Waals surface area contributed by atoms with Crippen molar-refractivity contribution in [2.75, 3.05) is 59.7 Å². The van der Waals surface area contributed by atoms with Crippen LogP contribution in [0.25, 0.3) is 0 Å². The predicted octanol–water partition coefficient (Wildman–Crippen LogP) is 2.54. The molecule has 1 saturated heterocycles. The summed E-state index contributed by atoms with van der Waals surface area (Å²) in [5.74, 6) is 0.908. The number of aliphatic hydroxyl groups excluding tert-OH is 1. The van der Waals surface area contributed by atoms with Gasteiger partial charge in [-0.3, -0.25) is 9.80 Å². The highest BCUT2D eigenvalue weighted by molar-refractivity contribution is 5.27. The Balaban J connectivity index is 1.30. The fourth-order valence-corrected chi connectivity index (χ4v) is 4.08. The summed E-state index contributed by atoms with van der Waals surface area (Å²) in [7, 11) is 2.04. The SMILES string of the molecule is CN(Cc1ccc(OCCN2CCOCC2)cc1)CC(O)COC1CCCCC1. The Morgan fingerprint density at radius 1 is 1.14 bits per heavy atom. The molecule has 1 saturated carbocycles. The number of hydrogen-bond acceptors (Lipinski definition) is 6. The average Bonchev–Trinajstić information content (AvgIpc) is 2.75. The first-order chi connectivity index (χ1) is 14.2. The molecule has 1 aliphatic carbocycles. The zero-order chi connectivity index (χ0) is 20.3. The summed E-state index contributed by atoms with van der Waals surface area (Å²) in [6, 6.07) is 8.27. The Labute approximate surface area is 175 Å². The summed E-state index contributed by atoms with van der Waals surface area (Å²) >= 11 is 0. The van der Waals surface area contributed by atoms with Gasteiger partial charge in [0.25, 0.3) is 0 Å². The number of ether oxygens (including phenoxy) is 3. The van der Waals surface area contributed by atoms with Crippen LogP contribution >= 0.6 is 0 Å². The summed E-state index contributed by atoms with van der Waals surface area (Å²) in [5, 5.41) is 10.3. The maximum Gasteiger partial charge on any atom is 0.119 e. The Morgan fingerprint density at radius 2 is 1.86 bits per heavy atom. The minimum absolute atomic E-state index is 0.347. The van der Waals surface area contributed by atoms with E-state index in [0.29, 0.717) is 25.9 Å². The van der Waals surface area contributed by atoms with Gasteiger partial charge in [0.2, 0.25) is 0 Å². The Morgan fingerprint density at radius 3 is 2.59 bits per heavy atom. The van der Waals surface area contributed by atoms with Crippen LogP contribution in [0.3, 0.4) is 0 Å². The van der Waals surface area contributed by atoms with Crippen LogP contribution < -0.4 is 4.74 Å². The summed E-state index contributed by atoms with van der Waals surface area (Å²) in [4.78, 5) is 4.51. The van der Waals surface area contributed by atoms with E-state index >= 15 is 0 Å². The lowest BCUT2D eigenvalue weighted by Gasteiger charge is -2.26. The first-order valence-corrected chi connectivity index (χ1v) is 11.2.